The standard InChI is InChI=1S/C12H16N2O6/c1-18-9-5-8(20-14-9)11(15)13-10(12(16)17)7-3-2-4-19-6-7/h5,7,10H,2-4,6H2,1H3,(H,13,15)(H,16,17). The number of carbonyl (C=O) groups excluding carboxylic acids is 1. The largest absolute Gasteiger partial charge is 0.480 e. The molecule has 0 spiro atoms. The first-order chi connectivity index (χ1) is 9.61. The topological polar surface area (TPSA) is 111 Å². The zero-order chi connectivity index (χ0) is 14.5. The number of hydrogen-bond acceptors (Lipinski definition) is 6. The highest BCUT2D eigenvalue weighted by molar-refractivity contribution is 5.94. The molecule has 1 aromatic rings. The van der Waals surface area contributed by atoms with Crippen LogP contribution in [0.3, 0.4) is 0 Å². The highest BCUT2D eigenvalue weighted by Gasteiger charge is 2.32. The SMILES string of the molecule is COc1cc(C(=O)NC(C(=O)O)C2CCCOC2)on1. The van der Waals surface area contributed by atoms with E-state index in [1.54, 1.807) is 0 Å². The molecule has 8 nitrogen and oxygen atoms in total. The van der Waals surface area contributed by atoms with Crippen LogP contribution in [-0.2, 0) is 9.53 Å². The number of nitrogens with one attached hydrogen (secondary N) is 1. The van der Waals surface area contributed by atoms with Crippen molar-refractivity contribution in [3.8, 4) is 5.88 Å². The van der Waals surface area contributed by atoms with Crippen molar-refractivity contribution >= 4 is 11.9 Å². The molecule has 8 heteroatoms. The van der Waals surface area contributed by atoms with Crippen molar-refractivity contribution in [2.24, 2.45) is 5.92 Å². The molecule has 0 bridgehead atoms. The molecule has 1 fully saturated rings. The Hall–Kier alpha value is -2.09. The van der Waals surface area contributed by atoms with Crippen LogP contribution in [0.1, 0.15) is 23.4 Å². The number of aromatic nitrogens is 1. The number of nitrogens with zero attached hydrogens (tertiary/aromatic N) is 1. The summed E-state index contributed by atoms with van der Waals surface area (Å²) in [6.07, 6.45) is 1.47. The zero-order valence-corrected chi connectivity index (χ0v) is 11.0. The van der Waals surface area contributed by atoms with Gasteiger partial charge in [0.15, 0.2) is 0 Å². The van der Waals surface area contributed by atoms with Gasteiger partial charge in [0.2, 0.25) is 5.76 Å². The molecule has 2 rings (SSSR count). The van der Waals surface area contributed by atoms with Crippen LogP contribution in [-0.4, -0.2) is 48.5 Å². The first-order valence-electron chi connectivity index (χ1n) is 6.24. The summed E-state index contributed by atoms with van der Waals surface area (Å²) in [6, 6.07) is 0.282. The van der Waals surface area contributed by atoms with E-state index in [9.17, 15) is 14.7 Å². The fraction of sp³-hybridized carbons (Fsp3) is 0.583. The van der Waals surface area contributed by atoms with Gasteiger partial charge >= 0.3 is 5.97 Å². The summed E-state index contributed by atoms with van der Waals surface area (Å²) in [6.45, 7) is 0.938. The number of rotatable bonds is 5. The molecule has 2 atom stereocenters. The summed E-state index contributed by atoms with van der Waals surface area (Å²) in [5.74, 6) is -1.93. The van der Waals surface area contributed by atoms with Crippen LogP contribution in [0.4, 0.5) is 0 Å². The minimum Gasteiger partial charge on any atom is -0.480 e. The quantitative estimate of drug-likeness (QED) is 0.799. The maximum Gasteiger partial charge on any atom is 0.326 e. The highest BCUT2D eigenvalue weighted by Crippen LogP contribution is 2.19. The van der Waals surface area contributed by atoms with Gasteiger partial charge in [-0.25, -0.2) is 4.79 Å². The molecule has 1 aliphatic rings. The lowest BCUT2D eigenvalue weighted by Crippen LogP contribution is -2.48. The average Bonchev–Trinajstić information content (AvgIpc) is 2.94. The molecular weight excluding hydrogens is 268 g/mol. The lowest BCUT2D eigenvalue weighted by Gasteiger charge is -2.27. The fourth-order valence-corrected chi connectivity index (χ4v) is 2.08. The summed E-state index contributed by atoms with van der Waals surface area (Å²) >= 11 is 0. The van der Waals surface area contributed by atoms with E-state index in [1.807, 2.05) is 0 Å². The lowest BCUT2D eigenvalue weighted by molar-refractivity contribution is -0.142. The molecule has 1 saturated heterocycles. The number of hydrogen-bond donors (Lipinski definition) is 2. The van der Waals surface area contributed by atoms with Gasteiger partial charge in [-0.05, 0) is 18.0 Å². The molecule has 110 valence electrons. The first kappa shape index (κ1) is 14.3. The molecule has 0 aromatic carbocycles. The van der Waals surface area contributed by atoms with Gasteiger partial charge in [-0.3, -0.25) is 4.79 Å². The molecule has 1 aromatic heterocycles. The number of ether oxygens (including phenoxy) is 2. The molecule has 0 radical (unpaired) electrons. The minimum atomic E-state index is -1.10. The predicted octanol–water partition coefficient (Wildman–Crippen LogP) is 0.293. The van der Waals surface area contributed by atoms with Crippen LogP contribution in [0, 0.1) is 5.92 Å². The van der Waals surface area contributed by atoms with Crippen molar-refractivity contribution in [3.05, 3.63) is 11.8 Å². The van der Waals surface area contributed by atoms with E-state index in [0.717, 1.165) is 6.42 Å². The second kappa shape index (κ2) is 6.38. The summed E-state index contributed by atoms with van der Waals surface area (Å²) in [7, 11) is 1.39. The predicted molar refractivity (Wildman–Crippen MR) is 65.5 cm³/mol. The molecule has 2 unspecified atom stereocenters. The monoisotopic (exact) mass is 284 g/mol. The van der Waals surface area contributed by atoms with E-state index in [-0.39, 0.29) is 17.6 Å². The van der Waals surface area contributed by atoms with Gasteiger partial charge in [-0.15, -0.1) is 0 Å². The van der Waals surface area contributed by atoms with Crippen molar-refractivity contribution in [1.82, 2.24) is 10.5 Å². The second-order valence-corrected chi connectivity index (χ2v) is 4.50. The van der Waals surface area contributed by atoms with Crippen LogP contribution < -0.4 is 10.1 Å². The normalized spacial score (nSPS) is 20.1. The van der Waals surface area contributed by atoms with Crippen LogP contribution in [0.5, 0.6) is 5.88 Å². The summed E-state index contributed by atoms with van der Waals surface area (Å²) in [5.41, 5.74) is 0. The Kier molecular flexibility index (Phi) is 4.57. The molecular formula is C12H16N2O6. The third-order valence-electron chi connectivity index (χ3n) is 3.14. The smallest absolute Gasteiger partial charge is 0.326 e. The maximum absolute atomic E-state index is 11.9. The van der Waals surface area contributed by atoms with E-state index in [2.05, 4.69) is 10.5 Å². The van der Waals surface area contributed by atoms with Crippen molar-refractivity contribution in [1.29, 1.82) is 0 Å². The lowest BCUT2D eigenvalue weighted by atomic mass is 9.93. The van der Waals surface area contributed by atoms with E-state index in [1.165, 1.54) is 13.2 Å². The van der Waals surface area contributed by atoms with E-state index < -0.39 is 17.9 Å². The van der Waals surface area contributed by atoms with Crippen LogP contribution >= 0.6 is 0 Å². The fourth-order valence-electron chi connectivity index (χ4n) is 2.08. The van der Waals surface area contributed by atoms with Gasteiger partial charge in [-0.2, -0.15) is 0 Å². The van der Waals surface area contributed by atoms with E-state index >= 15 is 0 Å². The molecule has 2 N–H and O–H groups in total. The highest BCUT2D eigenvalue weighted by atomic mass is 16.5. The minimum absolute atomic E-state index is 0.0928. The number of carboxylic acids is 1. The zero-order valence-electron chi connectivity index (χ0n) is 11.0. The van der Waals surface area contributed by atoms with Crippen molar-refractivity contribution in [2.45, 2.75) is 18.9 Å². The third-order valence-corrected chi connectivity index (χ3v) is 3.14. The van der Waals surface area contributed by atoms with Gasteiger partial charge < -0.3 is 24.4 Å². The van der Waals surface area contributed by atoms with Gasteiger partial charge in [0, 0.05) is 12.5 Å². The molecule has 1 amide bonds. The van der Waals surface area contributed by atoms with Crippen molar-refractivity contribution in [3.63, 3.8) is 0 Å². The Balaban J connectivity index is 2.03. The Labute approximate surface area is 115 Å². The van der Waals surface area contributed by atoms with Gasteiger partial charge in [0.05, 0.1) is 19.8 Å². The Bertz CT molecular complexity index is 480. The number of carboxylic acid groups (broad SMARTS) is 1. The van der Waals surface area contributed by atoms with Crippen molar-refractivity contribution < 1.29 is 28.7 Å². The Morgan fingerprint density at radius 1 is 1.60 bits per heavy atom. The summed E-state index contributed by atoms with van der Waals surface area (Å²) in [5, 5.41) is 15.2. The van der Waals surface area contributed by atoms with Crippen LogP contribution in [0.25, 0.3) is 0 Å². The molecule has 1 aliphatic heterocycles. The van der Waals surface area contributed by atoms with Crippen LogP contribution in [0.15, 0.2) is 10.6 Å². The van der Waals surface area contributed by atoms with Crippen LogP contribution in [0.2, 0.25) is 0 Å². The van der Waals surface area contributed by atoms with Gasteiger partial charge in [0.25, 0.3) is 11.8 Å². The molecule has 20 heavy (non-hydrogen) atoms. The average molecular weight is 284 g/mol. The number of aliphatic carboxylic acids is 1. The van der Waals surface area contributed by atoms with Crippen molar-refractivity contribution in [2.75, 3.05) is 20.3 Å². The third kappa shape index (κ3) is 3.27. The van der Waals surface area contributed by atoms with E-state index in [4.69, 9.17) is 14.0 Å². The number of methoxy groups -OCH3 is 1. The molecule has 0 aliphatic carbocycles. The number of carbonyl (C=O) groups is 2. The summed E-state index contributed by atoms with van der Waals surface area (Å²) < 4.78 is 14.8. The number of amides is 1. The van der Waals surface area contributed by atoms with E-state index in [0.29, 0.717) is 19.6 Å². The Morgan fingerprint density at radius 3 is 2.95 bits per heavy atom. The molecule has 2 heterocycles. The maximum atomic E-state index is 11.9. The Morgan fingerprint density at radius 2 is 2.40 bits per heavy atom. The summed E-state index contributed by atoms with van der Waals surface area (Å²) in [4.78, 5) is 23.2. The second-order valence-electron chi connectivity index (χ2n) is 4.50. The first-order valence-corrected chi connectivity index (χ1v) is 6.24. The molecule has 0 saturated carbocycles. The van der Waals surface area contributed by atoms with Gasteiger partial charge in [-0.1, -0.05) is 0 Å². The van der Waals surface area contributed by atoms with Gasteiger partial charge in [0.1, 0.15) is 6.04 Å².